The summed E-state index contributed by atoms with van der Waals surface area (Å²) in [7, 11) is 0. The van der Waals surface area contributed by atoms with Gasteiger partial charge < -0.3 is 39.6 Å². The van der Waals surface area contributed by atoms with E-state index < -0.39 is 23.9 Å². The van der Waals surface area contributed by atoms with E-state index in [1.54, 1.807) is 24.3 Å². The molecule has 41 heavy (non-hydrogen) atoms. The van der Waals surface area contributed by atoms with Crippen LogP contribution in [0, 0.1) is 0 Å². The number of benzene rings is 6. The fraction of sp³-hybridized carbons (Fsp3) is 0. The van der Waals surface area contributed by atoms with Gasteiger partial charge in [0.1, 0.15) is 0 Å². The van der Waals surface area contributed by atoms with Gasteiger partial charge in [-0.3, -0.25) is 0 Å². The van der Waals surface area contributed by atoms with Crippen molar-refractivity contribution < 1.29 is 61.3 Å². The van der Waals surface area contributed by atoms with Gasteiger partial charge in [0, 0.05) is 22.3 Å². The summed E-state index contributed by atoms with van der Waals surface area (Å²) in [5, 5.41) is 50.1. The standard InChI is InChI=1S/2C16H10O4.Ti/c2*17-15(18)12-6-5-11-7-9-3-1-2-4-10(9)8-13(11)14(12)16(19)20;/h2*1-8H,(H,17,18)(H,19,20);/q;;+4/p-4. The molecule has 0 aliphatic heterocycles. The Hall–Kier alpha value is -5.05. The molecule has 0 aromatic heterocycles. The molecule has 8 nitrogen and oxygen atoms in total. The Balaban J connectivity index is 0.000000184. The molecule has 6 aromatic rings. The Morgan fingerprint density at radius 1 is 0.390 bits per heavy atom. The third-order valence-corrected chi connectivity index (χ3v) is 6.62. The molecule has 0 atom stereocenters. The molecule has 0 amide bonds. The summed E-state index contributed by atoms with van der Waals surface area (Å²) < 4.78 is 0. The molecule has 0 N–H and O–H groups in total. The minimum Gasteiger partial charge on any atom is -0.545 e. The van der Waals surface area contributed by atoms with E-state index in [4.69, 9.17) is 0 Å². The predicted octanol–water partition coefficient (Wildman–Crippen LogP) is 1.44. The van der Waals surface area contributed by atoms with Crippen molar-refractivity contribution in [2.75, 3.05) is 0 Å². The molecule has 0 saturated heterocycles. The molecule has 0 bridgehead atoms. The van der Waals surface area contributed by atoms with Gasteiger partial charge in [-0.2, -0.15) is 0 Å². The smallest absolute Gasteiger partial charge is 0.545 e. The van der Waals surface area contributed by atoms with Gasteiger partial charge in [0.05, 0.1) is 23.9 Å². The summed E-state index contributed by atoms with van der Waals surface area (Å²) in [4.78, 5) is 44.6. The monoisotopic (exact) mass is 576 g/mol. The summed E-state index contributed by atoms with van der Waals surface area (Å²) in [5.74, 6) is -6.10. The number of carbonyl (C=O) groups excluding carboxylic acids is 4. The van der Waals surface area contributed by atoms with Crippen molar-refractivity contribution in [3.8, 4) is 0 Å². The summed E-state index contributed by atoms with van der Waals surface area (Å²) in [6, 6.07) is 27.4. The molecule has 196 valence electrons. The van der Waals surface area contributed by atoms with Gasteiger partial charge in [-0.05, 0) is 67.4 Å². The van der Waals surface area contributed by atoms with Crippen molar-refractivity contribution in [3.05, 3.63) is 119 Å². The third kappa shape index (κ3) is 5.52. The van der Waals surface area contributed by atoms with Crippen LogP contribution in [-0.2, 0) is 21.7 Å². The Kier molecular flexibility index (Phi) is 8.19. The van der Waals surface area contributed by atoms with Gasteiger partial charge in [-0.25, -0.2) is 0 Å². The van der Waals surface area contributed by atoms with E-state index in [0.717, 1.165) is 21.5 Å². The molecular formula is C32H16O8Ti. The number of carboxylic acids is 4. The topological polar surface area (TPSA) is 161 Å². The molecule has 6 rings (SSSR count). The summed E-state index contributed by atoms with van der Waals surface area (Å²) in [6.07, 6.45) is 0. The van der Waals surface area contributed by atoms with Crippen molar-refractivity contribution in [2.24, 2.45) is 0 Å². The number of fused-ring (bicyclic) bond motifs is 4. The minimum absolute atomic E-state index is 0. The van der Waals surface area contributed by atoms with E-state index in [1.165, 1.54) is 12.1 Å². The Morgan fingerprint density at radius 2 is 0.707 bits per heavy atom. The Labute approximate surface area is 247 Å². The molecular weight excluding hydrogens is 560 g/mol. The summed E-state index contributed by atoms with van der Waals surface area (Å²) in [6.45, 7) is 0. The molecule has 0 spiro atoms. The van der Waals surface area contributed by atoms with Crippen LogP contribution >= 0.6 is 0 Å². The first-order valence-corrected chi connectivity index (χ1v) is 11.9. The first-order valence-electron chi connectivity index (χ1n) is 11.9. The number of hydrogen-bond acceptors (Lipinski definition) is 8. The Morgan fingerprint density at radius 3 is 1.00 bits per heavy atom. The van der Waals surface area contributed by atoms with Gasteiger partial charge in [0.2, 0.25) is 0 Å². The molecule has 0 aliphatic carbocycles. The van der Waals surface area contributed by atoms with E-state index in [-0.39, 0.29) is 44.0 Å². The largest absolute Gasteiger partial charge is 4.00 e. The molecule has 0 heterocycles. The molecule has 9 heteroatoms. The molecule has 0 saturated carbocycles. The van der Waals surface area contributed by atoms with E-state index in [9.17, 15) is 39.6 Å². The van der Waals surface area contributed by atoms with Gasteiger partial charge >= 0.3 is 21.7 Å². The molecule has 6 aromatic carbocycles. The van der Waals surface area contributed by atoms with Crippen molar-refractivity contribution in [3.63, 3.8) is 0 Å². The third-order valence-electron chi connectivity index (χ3n) is 6.62. The predicted molar refractivity (Wildman–Crippen MR) is 140 cm³/mol. The van der Waals surface area contributed by atoms with Crippen LogP contribution in [0.25, 0.3) is 43.1 Å². The van der Waals surface area contributed by atoms with Crippen molar-refractivity contribution in [1.82, 2.24) is 0 Å². The maximum absolute atomic E-state index is 11.3. The fourth-order valence-electron chi connectivity index (χ4n) is 4.81. The van der Waals surface area contributed by atoms with Gasteiger partial charge in [0.15, 0.2) is 0 Å². The molecule has 0 unspecified atom stereocenters. The first-order chi connectivity index (χ1) is 19.2. The number of hydrogen-bond donors (Lipinski definition) is 0. The quantitative estimate of drug-likeness (QED) is 0.225. The van der Waals surface area contributed by atoms with Crippen LogP contribution in [0.5, 0.6) is 0 Å². The average Bonchev–Trinajstić information content (AvgIpc) is 2.93. The van der Waals surface area contributed by atoms with Crippen molar-refractivity contribution >= 4 is 67.0 Å². The fourth-order valence-corrected chi connectivity index (χ4v) is 4.81. The van der Waals surface area contributed by atoms with Gasteiger partial charge in [-0.1, -0.05) is 72.8 Å². The molecule has 0 radical (unpaired) electrons. The van der Waals surface area contributed by atoms with Crippen molar-refractivity contribution in [1.29, 1.82) is 0 Å². The van der Waals surface area contributed by atoms with Gasteiger partial charge in [0.25, 0.3) is 0 Å². The average molecular weight is 576 g/mol. The van der Waals surface area contributed by atoms with Crippen LogP contribution in [-0.4, -0.2) is 23.9 Å². The second-order valence-electron chi connectivity index (χ2n) is 8.97. The number of aromatic carboxylic acids is 4. The zero-order valence-corrected chi connectivity index (χ0v) is 22.6. The second-order valence-corrected chi connectivity index (χ2v) is 8.97. The zero-order valence-electron chi connectivity index (χ0n) is 21.0. The van der Waals surface area contributed by atoms with Crippen molar-refractivity contribution in [2.45, 2.75) is 0 Å². The van der Waals surface area contributed by atoms with Gasteiger partial charge in [-0.15, -0.1) is 0 Å². The first kappa shape index (κ1) is 28.9. The second kappa shape index (κ2) is 11.6. The van der Waals surface area contributed by atoms with E-state index >= 15 is 0 Å². The van der Waals surface area contributed by atoms with Crippen LogP contribution in [0.1, 0.15) is 41.4 Å². The van der Waals surface area contributed by atoms with E-state index in [2.05, 4.69) is 0 Å². The summed E-state index contributed by atoms with van der Waals surface area (Å²) in [5.41, 5.74) is -1.41. The van der Waals surface area contributed by atoms with Crippen LogP contribution in [0.3, 0.4) is 0 Å². The van der Waals surface area contributed by atoms with Crippen LogP contribution in [0.4, 0.5) is 0 Å². The minimum atomic E-state index is -1.53. The number of carboxylic acid groups (broad SMARTS) is 4. The number of rotatable bonds is 4. The van der Waals surface area contributed by atoms with Crippen LogP contribution in [0.2, 0.25) is 0 Å². The SMILES string of the molecule is O=C([O-])c1ccc2cc3ccccc3cc2c1C(=O)[O-].O=C([O-])c1ccc2cc3ccccc3cc2c1C(=O)[O-].[Ti+4]. The van der Waals surface area contributed by atoms with Crippen LogP contribution in [0.15, 0.2) is 97.1 Å². The molecule has 0 aliphatic rings. The maximum atomic E-state index is 11.3. The maximum Gasteiger partial charge on any atom is 4.00 e. The molecule has 0 fully saturated rings. The Bertz CT molecular complexity index is 1880. The van der Waals surface area contributed by atoms with E-state index in [1.807, 2.05) is 60.7 Å². The zero-order chi connectivity index (χ0) is 28.6. The summed E-state index contributed by atoms with van der Waals surface area (Å²) >= 11 is 0. The normalized spacial score (nSPS) is 10.5. The van der Waals surface area contributed by atoms with E-state index in [0.29, 0.717) is 21.5 Å². The van der Waals surface area contributed by atoms with Crippen LogP contribution < -0.4 is 20.4 Å². The number of carbonyl (C=O) groups is 4.